The first-order valence-electron chi connectivity index (χ1n) is 10.00. The Kier molecular flexibility index (Phi) is 7.86. The summed E-state index contributed by atoms with van der Waals surface area (Å²) in [5.41, 5.74) is 8.19. The van der Waals surface area contributed by atoms with E-state index in [1.165, 1.54) is 43.0 Å². The number of para-hydroxylation sites is 1. The Bertz CT molecular complexity index is 842. The number of allylic oxidation sites excluding steroid dienone is 1. The van der Waals surface area contributed by atoms with Gasteiger partial charge in [0, 0.05) is 12.2 Å². The molecule has 154 valence electrons. The van der Waals surface area contributed by atoms with Crippen LogP contribution in [0.2, 0.25) is 0 Å². The molecule has 1 aromatic heterocycles. The molecule has 0 aliphatic heterocycles. The number of anilines is 3. The fraction of sp³-hybridized carbons (Fsp3) is 0.429. The molecule has 0 fully saturated rings. The van der Waals surface area contributed by atoms with E-state index in [1.54, 1.807) is 0 Å². The monoisotopic (exact) mass is 412 g/mol. The van der Waals surface area contributed by atoms with Crippen molar-refractivity contribution in [1.82, 2.24) is 20.3 Å². The molecule has 0 radical (unpaired) electrons. The van der Waals surface area contributed by atoms with Gasteiger partial charge in [-0.05, 0) is 51.2 Å². The number of benzene rings is 1. The van der Waals surface area contributed by atoms with Crippen molar-refractivity contribution >= 4 is 35.3 Å². The van der Waals surface area contributed by atoms with Crippen LogP contribution in [0.5, 0.6) is 0 Å². The van der Waals surface area contributed by atoms with Gasteiger partial charge in [-0.3, -0.25) is 4.79 Å². The van der Waals surface area contributed by atoms with Crippen molar-refractivity contribution in [2.75, 3.05) is 23.3 Å². The second kappa shape index (κ2) is 10.8. The van der Waals surface area contributed by atoms with Crippen LogP contribution in [-0.2, 0) is 4.79 Å². The lowest BCUT2D eigenvalue weighted by atomic mass is 9.97. The molecule has 1 aliphatic rings. The molecule has 0 saturated carbocycles. The van der Waals surface area contributed by atoms with E-state index in [-0.39, 0.29) is 17.1 Å². The molecule has 4 N–H and O–H groups in total. The molecule has 8 heteroatoms. The van der Waals surface area contributed by atoms with Crippen LogP contribution in [0.15, 0.2) is 42.0 Å². The van der Waals surface area contributed by atoms with E-state index < -0.39 is 0 Å². The molecule has 1 atom stereocenters. The van der Waals surface area contributed by atoms with Crippen molar-refractivity contribution in [3.05, 3.63) is 47.8 Å². The van der Waals surface area contributed by atoms with E-state index in [4.69, 9.17) is 5.73 Å². The average molecular weight is 413 g/mol. The van der Waals surface area contributed by atoms with Crippen LogP contribution in [-0.4, -0.2) is 33.2 Å². The van der Waals surface area contributed by atoms with Crippen molar-refractivity contribution < 1.29 is 4.79 Å². The van der Waals surface area contributed by atoms with Crippen LogP contribution in [0.25, 0.3) is 0 Å². The summed E-state index contributed by atoms with van der Waals surface area (Å²) in [4.78, 5) is 25.0. The summed E-state index contributed by atoms with van der Waals surface area (Å²) in [6, 6.07) is 9.64. The number of hydrogen-bond acceptors (Lipinski definition) is 7. The zero-order valence-electron chi connectivity index (χ0n) is 16.7. The first-order valence-corrected chi connectivity index (χ1v) is 11.0. The highest BCUT2D eigenvalue weighted by molar-refractivity contribution is 8.00. The number of nitrogens with one attached hydrogen (secondary N) is 2. The lowest BCUT2D eigenvalue weighted by Gasteiger charge is -2.14. The second-order valence-electron chi connectivity index (χ2n) is 7.03. The third-order valence-corrected chi connectivity index (χ3v) is 5.82. The molecule has 29 heavy (non-hydrogen) atoms. The summed E-state index contributed by atoms with van der Waals surface area (Å²) < 4.78 is 0. The third kappa shape index (κ3) is 7.05. The van der Waals surface area contributed by atoms with Crippen molar-refractivity contribution in [2.24, 2.45) is 0 Å². The quantitative estimate of drug-likeness (QED) is 0.535. The minimum absolute atomic E-state index is 0.0305. The van der Waals surface area contributed by atoms with Gasteiger partial charge >= 0.3 is 0 Å². The predicted molar refractivity (Wildman–Crippen MR) is 119 cm³/mol. The third-order valence-electron chi connectivity index (χ3n) is 4.68. The van der Waals surface area contributed by atoms with Gasteiger partial charge in [-0.2, -0.15) is 15.0 Å². The molecule has 1 amide bonds. The standard InChI is InChI=1S/C21H28N6OS/c1-15(29-14-18(28)23-13-12-16-8-4-2-5-9-16)19-25-20(22)27-21(26-19)24-17-10-6-3-7-11-17/h3,6-8,10-11,15H,2,4-5,9,12-14H2,1H3,(H,23,28)(H3,22,24,25,26,27)/t15-/m1/s1. The number of rotatable bonds is 9. The highest BCUT2D eigenvalue weighted by Crippen LogP contribution is 2.26. The molecular formula is C21H28N6OS. The average Bonchev–Trinajstić information content (AvgIpc) is 2.73. The van der Waals surface area contributed by atoms with E-state index in [0.717, 1.165) is 12.1 Å². The maximum Gasteiger partial charge on any atom is 0.232 e. The van der Waals surface area contributed by atoms with E-state index in [1.807, 2.05) is 37.3 Å². The van der Waals surface area contributed by atoms with Gasteiger partial charge in [-0.15, -0.1) is 11.8 Å². The Morgan fingerprint density at radius 2 is 2.03 bits per heavy atom. The van der Waals surface area contributed by atoms with Gasteiger partial charge in [0.1, 0.15) is 5.82 Å². The number of nitrogen functional groups attached to an aromatic ring is 1. The minimum atomic E-state index is -0.0802. The molecule has 0 unspecified atom stereocenters. The van der Waals surface area contributed by atoms with E-state index in [9.17, 15) is 4.79 Å². The Hall–Kier alpha value is -2.61. The summed E-state index contributed by atoms with van der Waals surface area (Å²) in [6.07, 6.45) is 8.16. The van der Waals surface area contributed by atoms with Crippen LogP contribution in [0.4, 0.5) is 17.6 Å². The fourth-order valence-corrected chi connectivity index (χ4v) is 3.88. The molecule has 7 nitrogen and oxygen atoms in total. The van der Waals surface area contributed by atoms with Crippen molar-refractivity contribution in [3.8, 4) is 0 Å². The number of carbonyl (C=O) groups excluding carboxylic acids is 1. The first kappa shape index (κ1) is 21.1. The molecular weight excluding hydrogens is 384 g/mol. The van der Waals surface area contributed by atoms with Gasteiger partial charge < -0.3 is 16.4 Å². The summed E-state index contributed by atoms with van der Waals surface area (Å²) in [7, 11) is 0. The normalized spacial score (nSPS) is 14.7. The number of aromatic nitrogens is 3. The summed E-state index contributed by atoms with van der Waals surface area (Å²) >= 11 is 1.48. The predicted octanol–water partition coefficient (Wildman–Crippen LogP) is 4.00. The summed E-state index contributed by atoms with van der Waals surface area (Å²) in [5, 5.41) is 6.05. The molecule has 2 aromatic rings. The zero-order valence-corrected chi connectivity index (χ0v) is 17.5. The van der Waals surface area contributed by atoms with Gasteiger partial charge in [0.25, 0.3) is 0 Å². The highest BCUT2D eigenvalue weighted by Gasteiger charge is 2.15. The lowest BCUT2D eigenvalue weighted by molar-refractivity contribution is -0.118. The Balaban J connectivity index is 1.47. The van der Waals surface area contributed by atoms with Gasteiger partial charge in [-0.25, -0.2) is 0 Å². The largest absolute Gasteiger partial charge is 0.368 e. The molecule has 0 spiro atoms. The Labute approximate surface area is 176 Å². The summed E-state index contributed by atoms with van der Waals surface area (Å²) in [6.45, 7) is 2.66. The molecule has 0 bridgehead atoms. The van der Waals surface area contributed by atoms with Gasteiger partial charge in [0.2, 0.25) is 17.8 Å². The van der Waals surface area contributed by atoms with E-state index >= 15 is 0 Å². The van der Waals surface area contributed by atoms with Crippen molar-refractivity contribution in [3.63, 3.8) is 0 Å². The number of amides is 1. The fourth-order valence-electron chi connectivity index (χ4n) is 3.12. The smallest absolute Gasteiger partial charge is 0.232 e. The van der Waals surface area contributed by atoms with Crippen LogP contribution in [0.3, 0.4) is 0 Å². The van der Waals surface area contributed by atoms with Crippen LogP contribution in [0, 0.1) is 0 Å². The number of nitrogens with zero attached hydrogens (tertiary/aromatic N) is 3. The number of hydrogen-bond donors (Lipinski definition) is 3. The van der Waals surface area contributed by atoms with Gasteiger partial charge in [0.15, 0.2) is 0 Å². The Morgan fingerprint density at radius 1 is 1.21 bits per heavy atom. The minimum Gasteiger partial charge on any atom is -0.368 e. The van der Waals surface area contributed by atoms with Crippen molar-refractivity contribution in [1.29, 1.82) is 0 Å². The van der Waals surface area contributed by atoms with E-state index in [2.05, 4.69) is 31.7 Å². The lowest BCUT2D eigenvalue weighted by Crippen LogP contribution is -2.26. The highest BCUT2D eigenvalue weighted by atomic mass is 32.2. The van der Waals surface area contributed by atoms with Gasteiger partial charge in [-0.1, -0.05) is 29.8 Å². The van der Waals surface area contributed by atoms with Gasteiger partial charge in [0.05, 0.1) is 11.0 Å². The van der Waals surface area contributed by atoms with Crippen LogP contribution < -0.4 is 16.4 Å². The maximum absolute atomic E-state index is 12.2. The van der Waals surface area contributed by atoms with E-state index in [0.29, 0.717) is 24.1 Å². The number of nitrogens with two attached hydrogens (primary N) is 1. The van der Waals surface area contributed by atoms with Crippen molar-refractivity contribution in [2.45, 2.75) is 44.3 Å². The molecule has 0 saturated heterocycles. The molecule has 1 aromatic carbocycles. The second-order valence-corrected chi connectivity index (χ2v) is 8.36. The molecule has 1 heterocycles. The summed E-state index contributed by atoms with van der Waals surface area (Å²) in [5.74, 6) is 1.50. The Morgan fingerprint density at radius 3 is 2.79 bits per heavy atom. The van der Waals surface area contributed by atoms with Crippen LogP contribution in [0.1, 0.15) is 50.1 Å². The SMILES string of the molecule is C[C@@H](SCC(=O)NCCC1=CCCCC1)c1nc(N)nc(Nc2ccccc2)n1. The first-order chi connectivity index (χ1) is 14.1. The number of thioether (sulfide) groups is 1. The topological polar surface area (TPSA) is 106 Å². The maximum atomic E-state index is 12.2. The number of carbonyl (C=O) groups is 1. The molecule has 1 aliphatic carbocycles. The molecule has 3 rings (SSSR count). The zero-order chi connectivity index (χ0) is 20.5. The van der Waals surface area contributed by atoms with Crippen LogP contribution >= 0.6 is 11.8 Å².